The monoisotopic (exact) mass is 235 g/mol. The van der Waals surface area contributed by atoms with E-state index in [1.54, 1.807) is 24.4 Å². The number of halogens is 1. The van der Waals surface area contributed by atoms with Gasteiger partial charge in [-0.25, -0.2) is 9.97 Å². The van der Waals surface area contributed by atoms with Crippen LogP contribution in [0.25, 0.3) is 0 Å². The maximum absolute atomic E-state index is 8.89. The molecule has 1 aromatic carbocycles. The van der Waals surface area contributed by atoms with Crippen LogP contribution < -0.4 is 5.32 Å². The molecule has 0 aliphatic heterocycles. The highest BCUT2D eigenvalue weighted by molar-refractivity contribution is 6.30. The van der Waals surface area contributed by atoms with Crippen LogP contribution >= 0.6 is 11.6 Å². The molecule has 0 amide bonds. The average molecular weight is 236 g/mol. The topological polar surface area (TPSA) is 58.0 Å². The Hall–Kier alpha value is -1.65. The summed E-state index contributed by atoms with van der Waals surface area (Å²) >= 11 is 5.78. The number of aliphatic hydroxyl groups excluding tert-OH is 1. The molecule has 0 bridgehead atoms. The lowest BCUT2D eigenvalue weighted by atomic mass is 10.3. The van der Waals surface area contributed by atoms with Gasteiger partial charge in [-0.1, -0.05) is 11.6 Å². The molecule has 0 atom stereocenters. The van der Waals surface area contributed by atoms with Crippen LogP contribution in [0.2, 0.25) is 5.02 Å². The summed E-state index contributed by atoms with van der Waals surface area (Å²) in [5.74, 6) is 1.03. The Balaban J connectivity index is 2.16. The summed E-state index contributed by atoms with van der Waals surface area (Å²) in [4.78, 5) is 8.00. The van der Waals surface area contributed by atoms with E-state index >= 15 is 0 Å². The summed E-state index contributed by atoms with van der Waals surface area (Å²) in [6.07, 6.45) is 1.59. The number of hydrogen-bond donors (Lipinski definition) is 2. The molecule has 5 heteroatoms. The van der Waals surface area contributed by atoms with Crippen LogP contribution in [0.15, 0.2) is 36.5 Å². The lowest BCUT2D eigenvalue weighted by molar-refractivity contribution is 0.271. The highest BCUT2D eigenvalue weighted by atomic mass is 35.5. The molecule has 0 fully saturated rings. The Bertz CT molecular complexity index is 473. The fourth-order valence-electron chi connectivity index (χ4n) is 1.23. The molecule has 1 aromatic heterocycles. The average Bonchev–Trinajstić information content (AvgIpc) is 2.32. The molecule has 0 spiro atoms. The third-order valence-corrected chi connectivity index (χ3v) is 2.22. The van der Waals surface area contributed by atoms with Gasteiger partial charge in [-0.05, 0) is 30.3 Å². The molecule has 2 aromatic rings. The molecule has 0 saturated carbocycles. The van der Waals surface area contributed by atoms with Crippen LogP contribution in [0.1, 0.15) is 5.82 Å². The Kier molecular flexibility index (Phi) is 3.34. The van der Waals surface area contributed by atoms with Gasteiger partial charge in [0.2, 0.25) is 0 Å². The zero-order chi connectivity index (χ0) is 11.4. The second kappa shape index (κ2) is 4.92. The van der Waals surface area contributed by atoms with E-state index in [1.165, 1.54) is 0 Å². The van der Waals surface area contributed by atoms with Crippen LogP contribution in [0, 0.1) is 0 Å². The van der Waals surface area contributed by atoms with Gasteiger partial charge in [-0.2, -0.15) is 0 Å². The largest absolute Gasteiger partial charge is 0.388 e. The number of rotatable bonds is 3. The van der Waals surface area contributed by atoms with E-state index in [0.29, 0.717) is 16.7 Å². The number of benzene rings is 1. The van der Waals surface area contributed by atoms with Crippen molar-refractivity contribution < 1.29 is 5.11 Å². The molecule has 0 radical (unpaired) electrons. The van der Waals surface area contributed by atoms with Gasteiger partial charge in [0, 0.05) is 16.9 Å². The third-order valence-electron chi connectivity index (χ3n) is 1.96. The van der Waals surface area contributed by atoms with Gasteiger partial charge in [-0.3, -0.25) is 0 Å². The van der Waals surface area contributed by atoms with Crippen molar-refractivity contribution in [1.29, 1.82) is 0 Å². The molecule has 0 saturated heterocycles. The van der Waals surface area contributed by atoms with E-state index in [9.17, 15) is 0 Å². The molecule has 0 aliphatic rings. The van der Waals surface area contributed by atoms with Gasteiger partial charge >= 0.3 is 0 Å². The summed E-state index contributed by atoms with van der Waals surface area (Å²) in [6, 6.07) is 9.01. The van der Waals surface area contributed by atoms with Crippen molar-refractivity contribution in [2.24, 2.45) is 0 Å². The maximum atomic E-state index is 8.89. The van der Waals surface area contributed by atoms with Gasteiger partial charge in [0.05, 0.1) is 0 Å². The molecule has 0 unspecified atom stereocenters. The highest BCUT2D eigenvalue weighted by Crippen LogP contribution is 2.17. The predicted molar refractivity (Wildman–Crippen MR) is 62.7 cm³/mol. The van der Waals surface area contributed by atoms with Crippen molar-refractivity contribution in [2.75, 3.05) is 5.32 Å². The summed E-state index contributed by atoms with van der Waals surface area (Å²) in [5.41, 5.74) is 0.881. The number of anilines is 2. The van der Waals surface area contributed by atoms with Crippen LogP contribution in [-0.4, -0.2) is 15.1 Å². The molecule has 1 heterocycles. The summed E-state index contributed by atoms with van der Waals surface area (Å²) in [6.45, 7) is -0.170. The minimum Gasteiger partial charge on any atom is -0.388 e. The lowest BCUT2D eigenvalue weighted by Crippen LogP contribution is -1.99. The molecule has 2 N–H and O–H groups in total. The number of aromatic nitrogens is 2. The zero-order valence-corrected chi connectivity index (χ0v) is 9.15. The maximum Gasteiger partial charge on any atom is 0.156 e. The smallest absolute Gasteiger partial charge is 0.156 e. The SMILES string of the molecule is OCc1nccc(Nc2ccc(Cl)cc2)n1. The van der Waals surface area contributed by atoms with Crippen molar-refractivity contribution in [3.05, 3.63) is 47.4 Å². The van der Waals surface area contributed by atoms with Crippen LogP contribution in [0.5, 0.6) is 0 Å². The summed E-state index contributed by atoms with van der Waals surface area (Å²) < 4.78 is 0. The van der Waals surface area contributed by atoms with Gasteiger partial charge in [0.25, 0.3) is 0 Å². The Morgan fingerprint density at radius 1 is 1.19 bits per heavy atom. The van der Waals surface area contributed by atoms with E-state index in [0.717, 1.165) is 5.69 Å². The first-order chi connectivity index (χ1) is 7.78. The first-order valence-corrected chi connectivity index (χ1v) is 5.11. The van der Waals surface area contributed by atoms with Gasteiger partial charge < -0.3 is 10.4 Å². The van der Waals surface area contributed by atoms with Gasteiger partial charge in [0.1, 0.15) is 12.4 Å². The van der Waals surface area contributed by atoms with Crippen LogP contribution in [-0.2, 0) is 6.61 Å². The first kappa shape index (κ1) is 10.9. The van der Waals surface area contributed by atoms with Gasteiger partial charge in [-0.15, -0.1) is 0 Å². The summed E-state index contributed by atoms with van der Waals surface area (Å²) in [7, 11) is 0. The van der Waals surface area contributed by atoms with E-state index in [4.69, 9.17) is 16.7 Å². The fourth-order valence-corrected chi connectivity index (χ4v) is 1.35. The van der Waals surface area contributed by atoms with E-state index in [-0.39, 0.29) is 6.61 Å². The van der Waals surface area contributed by atoms with E-state index < -0.39 is 0 Å². The minimum atomic E-state index is -0.170. The number of hydrogen-bond acceptors (Lipinski definition) is 4. The molecule has 0 aliphatic carbocycles. The van der Waals surface area contributed by atoms with E-state index in [2.05, 4.69) is 15.3 Å². The number of nitrogens with one attached hydrogen (secondary N) is 1. The Morgan fingerprint density at radius 3 is 2.62 bits per heavy atom. The fraction of sp³-hybridized carbons (Fsp3) is 0.0909. The standard InChI is InChI=1S/C11H10ClN3O/c12-8-1-3-9(4-2-8)14-10-5-6-13-11(7-16)15-10/h1-6,16H,7H2,(H,13,14,15). The van der Waals surface area contributed by atoms with Crippen LogP contribution in [0.4, 0.5) is 11.5 Å². The molecule has 16 heavy (non-hydrogen) atoms. The molecule has 4 nitrogen and oxygen atoms in total. The highest BCUT2D eigenvalue weighted by Gasteiger charge is 1.98. The third kappa shape index (κ3) is 2.68. The molecular weight excluding hydrogens is 226 g/mol. The van der Waals surface area contributed by atoms with Crippen molar-refractivity contribution in [3.8, 4) is 0 Å². The molecular formula is C11H10ClN3O. The molecule has 2 rings (SSSR count). The van der Waals surface area contributed by atoms with Crippen molar-refractivity contribution in [2.45, 2.75) is 6.61 Å². The Labute approximate surface area is 97.9 Å². The zero-order valence-electron chi connectivity index (χ0n) is 8.39. The number of aliphatic hydroxyl groups is 1. The predicted octanol–water partition coefficient (Wildman–Crippen LogP) is 2.37. The summed E-state index contributed by atoms with van der Waals surface area (Å²) in [5, 5.41) is 12.7. The lowest BCUT2D eigenvalue weighted by Gasteiger charge is -2.05. The second-order valence-electron chi connectivity index (χ2n) is 3.15. The van der Waals surface area contributed by atoms with E-state index in [1.807, 2.05) is 12.1 Å². The Morgan fingerprint density at radius 2 is 1.94 bits per heavy atom. The minimum absolute atomic E-state index is 0.170. The second-order valence-corrected chi connectivity index (χ2v) is 3.58. The first-order valence-electron chi connectivity index (χ1n) is 4.73. The van der Waals surface area contributed by atoms with Crippen molar-refractivity contribution >= 4 is 23.1 Å². The van der Waals surface area contributed by atoms with Crippen LogP contribution in [0.3, 0.4) is 0 Å². The normalized spacial score (nSPS) is 10.1. The number of nitrogens with zero attached hydrogens (tertiary/aromatic N) is 2. The molecule has 82 valence electrons. The quantitative estimate of drug-likeness (QED) is 0.858. The van der Waals surface area contributed by atoms with Crippen molar-refractivity contribution in [3.63, 3.8) is 0 Å². The van der Waals surface area contributed by atoms with Crippen molar-refractivity contribution in [1.82, 2.24) is 9.97 Å². The van der Waals surface area contributed by atoms with Gasteiger partial charge in [0.15, 0.2) is 5.82 Å².